The molecule has 0 aliphatic heterocycles. The highest BCUT2D eigenvalue weighted by Crippen LogP contribution is 2.34. The Balaban J connectivity index is 1.62. The molecule has 1 amide bonds. The summed E-state index contributed by atoms with van der Waals surface area (Å²) in [5.41, 5.74) is 1.18. The van der Waals surface area contributed by atoms with Crippen molar-refractivity contribution in [3.8, 4) is 0 Å². The van der Waals surface area contributed by atoms with E-state index in [0.717, 1.165) is 55.4 Å². The normalized spacial score (nSPS) is 13.4. The van der Waals surface area contributed by atoms with Crippen LogP contribution in [-0.2, 0) is 23.4 Å². The number of nitrogens with zero attached hydrogens (tertiary/aromatic N) is 2. The van der Waals surface area contributed by atoms with Gasteiger partial charge in [-0.05, 0) is 38.2 Å². The number of hydrogen-bond donors (Lipinski definition) is 1. The van der Waals surface area contributed by atoms with Crippen LogP contribution in [0, 0.1) is 0 Å². The second-order valence-electron chi connectivity index (χ2n) is 6.37. The molecular formula is C18H25N3O2S2. The molecule has 0 saturated carbocycles. The molecule has 3 rings (SSSR count). The van der Waals surface area contributed by atoms with Crippen LogP contribution in [0.4, 0.5) is 0 Å². The Morgan fingerprint density at radius 1 is 1.36 bits per heavy atom. The van der Waals surface area contributed by atoms with Gasteiger partial charge in [0.1, 0.15) is 10.7 Å². The number of nitrogens with one attached hydrogen (secondary N) is 1. The maximum atomic E-state index is 12.4. The fraction of sp³-hybridized carbons (Fsp3) is 0.611. The summed E-state index contributed by atoms with van der Waals surface area (Å²) in [6, 6.07) is 0. The van der Waals surface area contributed by atoms with Crippen molar-refractivity contribution in [1.82, 2.24) is 14.9 Å². The highest BCUT2D eigenvalue weighted by molar-refractivity contribution is 7.99. The number of carbonyl (C=O) groups excluding carboxylic acids is 1. The first-order valence-corrected chi connectivity index (χ1v) is 11.0. The molecule has 2 aromatic rings. The number of fused-ring (bicyclic) bond motifs is 3. The van der Waals surface area contributed by atoms with Crippen molar-refractivity contribution in [2.24, 2.45) is 0 Å². The zero-order chi connectivity index (χ0) is 17.8. The summed E-state index contributed by atoms with van der Waals surface area (Å²) in [6.07, 6.45) is 5.33. The highest BCUT2D eigenvalue weighted by atomic mass is 32.2. The van der Waals surface area contributed by atoms with Gasteiger partial charge in [0.15, 0.2) is 0 Å². The van der Waals surface area contributed by atoms with E-state index in [1.165, 1.54) is 22.2 Å². The minimum absolute atomic E-state index is 0.0237. The second kappa shape index (κ2) is 8.36. The van der Waals surface area contributed by atoms with Gasteiger partial charge < -0.3 is 9.88 Å². The fourth-order valence-corrected chi connectivity index (χ4v) is 5.32. The molecule has 0 aromatic carbocycles. The molecule has 7 heteroatoms. The first kappa shape index (κ1) is 18.5. The topological polar surface area (TPSA) is 66.1 Å². The number of amides is 1. The molecule has 0 fully saturated rings. The maximum Gasteiger partial charge on any atom is 0.259 e. The van der Waals surface area contributed by atoms with Crippen LogP contribution < -0.4 is 5.56 Å². The van der Waals surface area contributed by atoms with Crippen LogP contribution in [0.15, 0.2) is 4.79 Å². The molecule has 25 heavy (non-hydrogen) atoms. The lowest BCUT2D eigenvalue weighted by molar-refractivity contribution is -0.128. The van der Waals surface area contributed by atoms with E-state index >= 15 is 0 Å². The number of unbranched alkanes of at least 4 members (excludes halogenated alkanes) is 1. The van der Waals surface area contributed by atoms with Crippen LogP contribution in [0.5, 0.6) is 0 Å². The minimum Gasteiger partial charge on any atom is -0.342 e. The van der Waals surface area contributed by atoms with Crippen molar-refractivity contribution in [2.75, 3.05) is 18.8 Å². The zero-order valence-electron chi connectivity index (χ0n) is 14.9. The summed E-state index contributed by atoms with van der Waals surface area (Å²) in [7, 11) is 0. The van der Waals surface area contributed by atoms with Gasteiger partial charge in [-0.25, -0.2) is 4.98 Å². The van der Waals surface area contributed by atoms with Crippen LogP contribution in [-0.4, -0.2) is 39.6 Å². The Kier molecular flexibility index (Phi) is 6.17. The zero-order valence-corrected chi connectivity index (χ0v) is 16.5. The predicted octanol–water partition coefficient (Wildman–Crippen LogP) is 3.36. The van der Waals surface area contributed by atoms with Crippen LogP contribution in [0.1, 0.15) is 49.4 Å². The third-order valence-electron chi connectivity index (χ3n) is 4.60. The lowest BCUT2D eigenvalue weighted by Gasteiger charge is -2.20. The summed E-state index contributed by atoms with van der Waals surface area (Å²) in [5.74, 6) is 1.83. The quantitative estimate of drug-likeness (QED) is 0.764. The van der Waals surface area contributed by atoms with Gasteiger partial charge in [0.25, 0.3) is 5.56 Å². The van der Waals surface area contributed by atoms with Crippen molar-refractivity contribution >= 4 is 39.2 Å². The molecule has 0 radical (unpaired) electrons. The summed E-state index contributed by atoms with van der Waals surface area (Å²) in [4.78, 5) is 36.3. The molecule has 1 N–H and O–H groups in total. The van der Waals surface area contributed by atoms with Gasteiger partial charge in [0, 0.05) is 18.0 Å². The lowest BCUT2D eigenvalue weighted by Crippen LogP contribution is -2.33. The summed E-state index contributed by atoms with van der Waals surface area (Å²) in [5, 5.41) is 0.791. The van der Waals surface area contributed by atoms with Gasteiger partial charge in [-0.3, -0.25) is 9.59 Å². The molecule has 0 saturated heterocycles. The monoisotopic (exact) mass is 379 g/mol. The predicted molar refractivity (Wildman–Crippen MR) is 106 cm³/mol. The fourth-order valence-electron chi connectivity index (χ4n) is 3.25. The van der Waals surface area contributed by atoms with Crippen molar-refractivity contribution in [3.05, 3.63) is 26.6 Å². The Bertz CT molecular complexity index is 812. The number of rotatable bonds is 8. The summed E-state index contributed by atoms with van der Waals surface area (Å²) in [6.45, 7) is 5.72. The van der Waals surface area contributed by atoms with Crippen LogP contribution >= 0.6 is 23.1 Å². The number of H-pyrrole nitrogens is 1. The lowest BCUT2D eigenvalue weighted by atomic mass is 10.2. The Labute approximate surface area is 156 Å². The molecule has 1 aliphatic rings. The van der Waals surface area contributed by atoms with Crippen molar-refractivity contribution < 1.29 is 4.79 Å². The number of aryl methyl sites for hydroxylation is 2. The number of thiophene rings is 1. The largest absolute Gasteiger partial charge is 0.342 e. The highest BCUT2D eigenvalue weighted by Gasteiger charge is 2.21. The van der Waals surface area contributed by atoms with Gasteiger partial charge in [-0.1, -0.05) is 13.3 Å². The first-order valence-electron chi connectivity index (χ1n) is 9.03. The van der Waals surface area contributed by atoms with E-state index in [4.69, 9.17) is 0 Å². The van der Waals surface area contributed by atoms with Gasteiger partial charge in [0.2, 0.25) is 5.91 Å². The van der Waals surface area contributed by atoms with E-state index in [-0.39, 0.29) is 11.5 Å². The third kappa shape index (κ3) is 4.08. The van der Waals surface area contributed by atoms with Gasteiger partial charge in [-0.2, -0.15) is 0 Å². The first-order chi connectivity index (χ1) is 12.1. The molecule has 2 aromatic heterocycles. The number of aromatic nitrogens is 2. The SMILES string of the molecule is CCCCN(CC)C(=O)CSCc1nc2sc3c(c2c(=O)[nH]1)CCC3. The number of thioether (sulfide) groups is 1. The van der Waals surface area contributed by atoms with Crippen LogP contribution in [0.25, 0.3) is 10.2 Å². The van der Waals surface area contributed by atoms with E-state index in [9.17, 15) is 9.59 Å². The smallest absolute Gasteiger partial charge is 0.259 e. The number of carbonyl (C=O) groups is 1. The van der Waals surface area contributed by atoms with Crippen molar-refractivity contribution in [3.63, 3.8) is 0 Å². The number of aromatic amines is 1. The van der Waals surface area contributed by atoms with Crippen LogP contribution in [0.3, 0.4) is 0 Å². The Morgan fingerprint density at radius 3 is 2.96 bits per heavy atom. The molecule has 0 unspecified atom stereocenters. The van der Waals surface area contributed by atoms with E-state index in [2.05, 4.69) is 16.9 Å². The van der Waals surface area contributed by atoms with Gasteiger partial charge in [-0.15, -0.1) is 23.1 Å². The molecule has 0 spiro atoms. The summed E-state index contributed by atoms with van der Waals surface area (Å²) >= 11 is 3.18. The number of hydrogen-bond acceptors (Lipinski definition) is 5. The standard InChI is InChI=1S/C18H25N3O2S2/c1-3-5-9-21(4-2)15(22)11-24-10-14-19-17(23)16-12-7-6-8-13(12)25-18(16)20-14/h3-11H2,1-2H3,(H,19,20,23). The maximum absolute atomic E-state index is 12.4. The van der Waals surface area contributed by atoms with Gasteiger partial charge in [0.05, 0.1) is 16.9 Å². The van der Waals surface area contributed by atoms with Crippen molar-refractivity contribution in [1.29, 1.82) is 0 Å². The Hall–Kier alpha value is -1.34. The van der Waals surface area contributed by atoms with E-state index in [1.54, 1.807) is 11.3 Å². The van der Waals surface area contributed by atoms with E-state index < -0.39 is 0 Å². The molecule has 1 aliphatic carbocycles. The summed E-state index contributed by atoms with van der Waals surface area (Å²) < 4.78 is 0. The van der Waals surface area contributed by atoms with Gasteiger partial charge >= 0.3 is 0 Å². The average molecular weight is 380 g/mol. The average Bonchev–Trinajstić information content (AvgIpc) is 3.16. The third-order valence-corrected chi connectivity index (χ3v) is 6.72. The molecule has 5 nitrogen and oxygen atoms in total. The molecule has 0 atom stereocenters. The van der Waals surface area contributed by atoms with Crippen molar-refractivity contribution in [2.45, 2.75) is 51.7 Å². The molecule has 136 valence electrons. The Morgan fingerprint density at radius 2 is 2.20 bits per heavy atom. The molecular weight excluding hydrogens is 354 g/mol. The van der Waals surface area contributed by atoms with E-state index in [0.29, 0.717) is 17.3 Å². The second-order valence-corrected chi connectivity index (χ2v) is 8.44. The minimum atomic E-state index is -0.0237. The van der Waals surface area contributed by atoms with Crippen LogP contribution in [0.2, 0.25) is 0 Å². The van der Waals surface area contributed by atoms with E-state index in [1.807, 2.05) is 11.8 Å². The molecule has 0 bridgehead atoms. The molecule has 2 heterocycles.